The fourth-order valence-electron chi connectivity index (χ4n) is 6.59. The summed E-state index contributed by atoms with van der Waals surface area (Å²) < 4.78 is 0. The van der Waals surface area contributed by atoms with Crippen LogP contribution in [0.1, 0.15) is 50.5 Å². The molecule has 0 radical (unpaired) electrons. The zero-order chi connectivity index (χ0) is 24.8. The predicted molar refractivity (Wildman–Crippen MR) is 147 cm³/mol. The molecule has 1 aliphatic heterocycles. The van der Waals surface area contributed by atoms with Gasteiger partial charge in [0.2, 0.25) is 0 Å². The molecule has 1 aromatic carbocycles. The Morgan fingerprint density at radius 1 is 0.972 bits per heavy atom. The Morgan fingerprint density at radius 3 is 2.36 bits per heavy atom. The summed E-state index contributed by atoms with van der Waals surface area (Å²) >= 11 is 1.68. The average Bonchev–Trinajstić information content (AvgIpc) is 3.47. The van der Waals surface area contributed by atoms with Crippen LogP contribution in [-0.4, -0.2) is 53.5 Å². The molecule has 0 unspecified atom stereocenters. The summed E-state index contributed by atoms with van der Waals surface area (Å²) in [6, 6.07) is 21.4. The lowest BCUT2D eigenvalue weighted by Gasteiger charge is -2.51. The number of anilines is 1. The Hall–Kier alpha value is -2.70. The van der Waals surface area contributed by atoms with Crippen molar-refractivity contribution in [2.75, 3.05) is 32.1 Å². The molecule has 6 rings (SSSR count). The van der Waals surface area contributed by atoms with Crippen LogP contribution in [-0.2, 0) is 5.54 Å². The van der Waals surface area contributed by atoms with Gasteiger partial charge >= 0.3 is 6.03 Å². The molecule has 188 valence electrons. The molecule has 6 heteroatoms. The van der Waals surface area contributed by atoms with Crippen LogP contribution in [0.2, 0.25) is 0 Å². The van der Waals surface area contributed by atoms with E-state index in [4.69, 9.17) is 0 Å². The van der Waals surface area contributed by atoms with E-state index in [9.17, 15) is 4.79 Å². The van der Waals surface area contributed by atoms with E-state index in [1.807, 2.05) is 24.4 Å². The molecule has 2 aromatic heterocycles. The van der Waals surface area contributed by atoms with Gasteiger partial charge in [-0.15, -0.1) is 11.3 Å². The molecule has 3 heterocycles. The topological polar surface area (TPSA) is 39.7 Å². The van der Waals surface area contributed by atoms with E-state index >= 15 is 0 Å². The van der Waals surface area contributed by atoms with Gasteiger partial charge in [0.15, 0.2) is 0 Å². The van der Waals surface area contributed by atoms with Crippen molar-refractivity contribution in [3.8, 4) is 10.6 Å². The second-order valence-electron chi connectivity index (χ2n) is 11.1. The number of thiophene rings is 1. The number of nitrogens with zero attached hydrogens (tertiary/aromatic N) is 4. The molecule has 3 fully saturated rings. The quantitative estimate of drug-likeness (QED) is 0.382. The monoisotopic (exact) mass is 500 g/mol. The Balaban J connectivity index is 1.29. The second kappa shape index (κ2) is 9.31. The van der Waals surface area contributed by atoms with Crippen molar-refractivity contribution in [3.05, 3.63) is 72.4 Å². The Kier molecular flexibility index (Phi) is 6.12. The molecule has 2 amide bonds. The maximum atomic E-state index is 14.0. The van der Waals surface area contributed by atoms with E-state index < -0.39 is 0 Å². The maximum absolute atomic E-state index is 14.0. The third-order valence-corrected chi connectivity index (χ3v) is 10.2. The van der Waals surface area contributed by atoms with Gasteiger partial charge in [-0.1, -0.05) is 42.8 Å². The molecule has 5 nitrogen and oxygen atoms in total. The minimum atomic E-state index is -0.0872. The highest BCUT2D eigenvalue weighted by molar-refractivity contribution is 7.19. The van der Waals surface area contributed by atoms with Gasteiger partial charge in [-0.3, -0.25) is 14.8 Å². The number of carbonyl (C=O) groups is 1. The molecule has 3 aromatic rings. The van der Waals surface area contributed by atoms with E-state index in [1.54, 1.807) is 11.3 Å². The Labute approximate surface area is 218 Å². The van der Waals surface area contributed by atoms with Gasteiger partial charge in [0.25, 0.3) is 0 Å². The van der Waals surface area contributed by atoms with Gasteiger partial charge in [-0.05, 0) is 88.4 Å². The van der Waals surface area contributed by atoms with Crippen LogP contribution < -0.4 is 4.90 Å². The van der Waals surface area contributed by atoms with Gasteiger partial charge in [0.05, 0.1) is 27.7 Å². The van der Waals surface area contributed by atoms with Gasteiger partial charge in [0.1, 0.15) is 0 Å². The highest BCUT2D eigenvalue weighted by Gasteiger charge is 2.55. The van der Waals surface area contributed by atoms with Crippen molar-refractivity contribution in [2.45, 2.75) is 56.0 Å². The zero-order valence-electron chi connectivity index (χ0n) is 21.4. The first kappa shape index (κ1) is 23.7. The second-order valence-corrected chi connectivity index (χ2v) is 12.2. The van der Waals surface area contributed by atoms with Crippen molar-refractivity contribution >= 4 is 22.4 Å². The first-order chi connectivity index (χ1) is 17.5. The van der Waals surface area contributed by atoms with E-state index in [2.05, 4.69) is 76.2 Å². The van der Waals surface area contributed by atoms with Crippen LogP contribution in [0.4, 0.5) is 9.80 Å². The van der Waals surface area contributed by atoms with Gasteiger partial charge in [0, 0.05) is 18.3 Å². The number of pyridine rings is 1. The molecule has 2 aliphatic carbocycles. The van der Waals surface area contributed by atoms with Crippen LogP contribution in [0.5, 0.6) is 0 Å². The van der Waals surface area contributed by atoms with Crippen molar-refractivity contribution in [1.82, 2.24) is 14.8 Å². The fourth-order valence-corrected chi connectivity index (χ4v) is 7.57. The number of hydrogen-bond acceptors (Lipinski definition) is 4. The van der Waals surface area contributed by atoms with Gasteiger partial charge in [-0.25, -0.2) is 4.79 Å². The van der Waals surface area contributed by atoms with Gasteiger partial charge < -0.3 is 4.90 Å². The van der Waals surface area contributed by atoms with Crippen molar-refractivity contribution in [1.29, 1.82) is 0 Å². The van der Waals surface area contributed by atoms with Crippen molar-refractivity contribution < 1.29 is 4.79 Å². The fraction of sp³-hybridized carbons (Fsp3) is 0.467. The first-order valence-corrected chi connectivity index (χ1v) is 14.2. The van der Waals surface area contributed by atoms with Crippen LogP contribution in [0, 0.1) is 5.92 Å². The van der Waals surface area contributed by atoms with E-state index in [-0.39, 0.29) is 17.1 Å². The van der Waals surface area contributed by atoms with Crippen LogP contribution >= 0.6 is 11.3 Å². The highest BCUT2D eigenvalue weighted by atomic mass is 32.1. The molecule has 0 bridgehead atoms. The molecular formula is C30H36N4OS. The standard InChI is InChI=1S/C30H36N4OS/c1-32(2)30(24-11-4-3-5-12-24)18-16-29(17-19-30)22-33(28(35)34(29)21-23-9-8-10-23)27-15-14-26(36-27)25-13-6-7-20-31-25/h3-7,11-15,20,23H,8-10,16-19,21-22H2,1-2H3. The van der Waals surface area contributed by atoms with E-state index in [0.717, 1.165) is 54.3 Å². The highest BCUT2D eigenvalue weighted by Crippen LogP contribution is 2.51. The molecule has 2 saturated carbocycles. The average molecular weight is 501 g/mol. The number of hydrogen-bond donors (Lipinski definition) is 0. The summed E-state index contributed by atoms with van der Waals surface area (Å²) in [5.41, 5.74) is 2.31. The van der Waals surface area contributed by atoms with E-state index in [1.165, 1.54) is 24.8 Å². The molecule has 36 heavy (non-hydrogen) atoms. The van der Waals surface area contributed by atoms with Crippen LogP contribution in [0.25, 0.3) is 10.6 Å². The zero-order valence-corrected chi connectivity index (χ0v) is 22.2. The minimum absolute atomic E-state index is 0.0280. The maximum Gasteiger partial charge on any atom is 0.325 e. The Bertz CT molecular complexity index is 1200. The molecular weight excluding hydrogens is 464 g/mol. The summed E-state index contributed by atoms with van der Waals surface area (Å²) in [5.74, 6) is 0.660. The van der Waals surface area contributed by atoms with Crippen LogP contribution in [0.3, 0.4) is 0 Å². The van der Waals surface area contributed by atoms with E-state index in [0.29, 0.717) is 5.92 Å². The Morgan fingerprint density at radius 2 is 1.72 bits per heavy atom. The number of benzene rings is 1. The number of urea groups is 1. The largest absolute Gasteiger partial charge is 0.325 e. The molecule has 0 N–H and O–H groups in total. The SMILES string of the molecule is CN(C)C1(c2ccccc2)CCC2(CC1)CN(c1ccc(-c3ccccn3)s1)C(=O)N2CC1CCC1. The number of rotatable bonds is 6. The van der Waals surface area contributed by atoms with Crippen molar-refractivity contribution in [2.24, 2.45) is 5.92 Å². The molecule has 1 spiro atoms. The van der Waals surface area contributed by atoms with Gasteiger partial charge in [-0.2, -0.15) is 0 Å². The summed E-state index contributed by atoms with van der Waals surface area (Å²) in [6.45, 7) is 1.70. The molecule has 0 atom stereocenters. The summed E-state index contributed by atoms with van der Waals surface area (Å²) in [6.07, 6.45) is 9.85. The summed E-state index contributed by atoms with van der Waals surface area (Å²) in [7, 11) is 4.43. The normalized spacial score (nSPS) is 26.7. The number of amides is 2. The minimum Gasteiger partial charge on any atom is -0.317 e. The smallest absolute Gasteiger partial charge is 0.317 e. The number of carbonyl (C=O) groups excluding carboxylic acids is 1. The lowest BCUT2D eigenvalue weighted by molar-refractivity contribution is 0.0172. The third-order valence-electron chi connectivity index (χ3n) is 9.10. The lowest BCUT2D eigenvalue weighted by atomic mass is 9.68. The summed E-state index contributed by atoms with van der Waals surface area (Å²) in [4.78, 5) is 26.4. The molecule has 3 aliphatic rings. The number of aromatic nitrogens is 1. The third kappa shape index (κ3) is 3.95. The van der Waals surface area contributed by atoms with Crippen LogP contribution in [0.15, 0.2) is 66.9 Å². The first-order valence-electron chi connectivity index (χ1n) is 13.3. The predicted octanol–water partition coefficient (Wildman–Crippen LogP) is 6.62. The van der Waals surface area contributed by atoms with Crippen molar-refractivity contribution in [3.63, 3.8) is 0 Å². The lowest BCUT2D eigenvalue weighted by Crippen LogP contribution is -2.56. The summed E-state index contributed by atoms with van der Waals surface area (Å²) in [5, 5.41) is 1.05. The molecule has 1 saturated heterocycles.